The van der Waals surface area contributed by atoms with Crippen molar-refractivity contribution in [2.45, 2.75) is 12.5 Å². The Balaban J connectivity index is 2.14. The molecule has 0 spiro atoms. The van der Waals surface area contributed by atoms with E-state index in [1.807, 2.05) is 0 Å². The zero-order valence-corrected chi connectivity index (χ0v) is 13.6. The second kappa shape index (κ2) is 7.35. The molecular formula is C16H15Cl2N3O2. The number of carbonyl (C=O) groups excluding carboxylic acids is 2. The van der Waals surface area contributed by atoms with Crippen LogP contribution in [-0.2, 0) is 11.2 Å². The predicted octanol–water partition coefficient (Wildman–Crippen LogP) is 2.40. The maximum Gasteiger partial charge on any atom is 0.251 e. The average Bonchev–Trinajstić information content (AvgIpc) is 2.49. The van der Waals surface area contributed by atoms with Gasteiger partial charge in [0.25, 0.3) is 5.91 Å². The third-order valence-corrected chi connectivity index (χ3v) is 3.80. The minimum Gasteiger partial charge on any atom is -0.398 e. The Hall–Kier alpha value is -2.24. The van der Waals surface area contributed by atoms with Crippen LogP contribution in [0.15, 0.2) is 42.5 Å². The normalized spacial score (nSPS) is 11.7. The molecule has 0 radical (unpaired) electrons. The van der Waals surface area contributed by atoms with E-state index in [0.29, 0.717) is 16.3 Å². The number of nitrogens with two attached hydrogens (primary N) is 2. The van der Waals surface area contributed by atoms with E-state index >= 15 is 0 Å². The third-order valence-electron chi connectivity index (χ3n) is 3.24. The summed E-state index contributed by atoms with van der Waals surface area (Å²) in [6.45, 7) is 0. The van der Waals surface area contributed by atoms with Gasteiger partial charge in [-0.1, -0.05) is 35.3 Å². The Bertz CT molecular complexity index is 750. The third kappa shape index (κ3) is 4.61. The summed E-state index contributed by atoms with van der Waals surface area (Å²) in [6.07, 6.45) is 0.240. The molecule has 7 heteroatoms. The van der Waals surface area contributed by atoms with E-state index in [9.17, 15) is 9.59 Å². The van der Waals surface area contributed by atoms with Crippen LogP contribution in [0.1, 0.15) is 15.9 Å². The highest BCUT2D eigenvalue weighted by atomic mass is 35.5. The van der Waals surface area contributed by atoms with Gasteiger partial charge in [-0.15, -0.1) is 0 Å². The molecule has 0 saturated carbocycles. The van der Waals surface area contributed by atoms with Crippen molar-refractivity contribution >= 4 is 40.7 Å². The maximum atomic E-state index is 12.2. The molecule has 5 N–H and O–H groups in total. The van der Waals surface area contributed by atoms with Crippen molar-refractivity contribution < 1.29 is 9.59 Å². The molecule has 0 aliphatic rings. The van der Waals surface area contributed by atoms with Crippen LogP contribution in [0.4, 0.5) is 5.69 Å². The van der Waals surface area contributed by atoms with Crippen LogP contribution in [0.25, 0.3) is 0 Å². The first-order valence-corrected chi connectivity index (χ1v) is 7.52. The van der Waals surface area contributed by atoms with Gasteiger partial charge in [-0.3, -0.25) is 9.59 Å². The summed E-state index contributed by atoms with van der Waals surface area (Å²) in [5.41, 5.74) is 12.4. The van der Waals surface area contributed by atoms with E-state index in [0.717, 1.165) is 5.56 Å². The van der Waals surface area contributed by atoms with Crippen LogP contribution in [0, 0.1) is 0 Å². The van der Waals surface area contributed by atoms with E-state index in [2.05, 4.69) is 5.32 Å². The van der Waals surface area contributed by atoms with Crippen molar-refractivity contribution in [2.24, 2.45) is 5.73 Å². The Kier molecular flexibility index (Phi) is 5.47. The number of primary amides is 1. The number of anilines is 1. The lowest BCUT2D eigenvalue weighted by atomic mass is 10.0. The number of nitrogens with one attached hydrogen (secondary N) is 1. The molecule has 0 saturated heterocycles. The fourth-order valence-corrected chi connectivity index (χ4v) is 2.43. The summed E-state index contributed by atoms with van der Waals surface area (Å²) >= 11 is 11.8. The molecule has 0 aliphatic carbocycles. The Morgan fingerprint density at radius 1 is 1.13 bits per heavy atom. The van der Waals surface area contributed by atoms with E-state index < -0.39 is 17.9 Å². The van der Waals surface area contributed by atoms with Gasteiger partial charge in [-0.2, -0.15) is 0 Å². The summed E-state index contributed by atoms with van der Waals surface area (Å²) in [5.74, 6) is -1.10. The maximum absolute atomic E-state index is 12.2. The average molecular weight is 352 g/mol. The lowest BCUT2D eigenvalue weighted by Crippen LogP contribution is -2.45. The first-order valence-electron chi connectivity index (χ1n) is 6.76. The Morgan fingerprint density at radius 2 is 1.87 bits per heavy atom. The van der Waals surface area contributed by atoms with Gasteiger partial charge in [0.05, 0.1) is 10.7 Å². The molecule has 2 rings (SSSR count). The van der Waals surface area contributed by atoms with E-state index in [4.69, 9.17) is 34.7 Å². The highest BCUT2D eigenvalue weighted by Gasteiger charge is 2.20. The molecule has 0 heterocycles. The number of rotatable bonds is 5. The van der Waals surface area contributed by atoms with Crippen molar-refractivity contribution in [3.05, 3.63) is 63.6 Å². The number of hydrogen-bond donors (Lipinski definition) is 3. The standard InChI is InChI=1S/C16H15Cl2N3O2/c17-11-3-1-2-9(6-11)7-14(15(20)22)21-16(23)10-4-5-13(19)12(18)8-10/h1-6,8,14H,7,19H2,(H2,20,22)(H,21,23)/t14-/m0/s1. The molecule has 5 nitrogen and oxygen atoms in total. The van der Waals surface area contributed by atoms with E-state index in [-0.39, 0.29) is 11.4 Å². The highest BCUT2D eigenvalue weighted by Crippen LogP contribution is 2.20. The summed E-state index contributed by atoms with van der Waals surface area (Å²) in [4.78, 5) is 23.8. The Morgan fingerprint density at radius 3 is 2.48 bits per heavy atom. The first kappa shape index (κ1) is 17.1. The zero-order valence-electron chi connectivity index (χ0n) is 12.1. The summed E-state index contributed by atoms with van der Waals surface area (Å²) in [7, 11) is 0. The van der Waals surface area contributed by atoms with Crippen LogP contribution in [-0.4, -0.2) is 17.9 Å². The van der Waals surface area contributed by atoms with Crippen molar-refractivity contribution in [1.29, 1.82) is 0 Å². The molecule has 0 fully saturated rings. The first-order chi connectivity index (χ1) is 10.9. The number of carbonyl (C=O) groups is 2. The number of benzene rings is 2. The van der Waals surface area contributed by atoms with Crippen LogP contribution in [0.2, 0.25) is 10.0 Å². The van der Waals surface area contributed by atoms with Gasteiger partial charge in [0, 0.05) is 17.0 Å². The van der Waals surface area contributed by atoms with Crippen LogP contribution in [0.5, 0.6) is 0 Å². The van der Waals surface area contributed by atoms with Crippen molar-refractivity contribution in [2.75, 3.05) is 5.73 Å². The molecule has 0 bridgehead atoms. The fraction of sp³-hybridized carbons (Fsp3) is 0.125. The highest BCUT2D eigenvalue weighted by molar-refractivity contribution is 6.33. The van der Waals surface area contributed by atoms with Gasteiger partial charge in [-0.25, -0.2) is 0 Å². The van der Waals surface area contributed by atoms with Gasteiger partial charge in [-0.05, 0) is 35.9 Å². The molecule has 23 heavy (non-hydrogen) atoms. The quantitative estimate of drug-likeness (QED) is 0.721. The van der Waals surface area contributed by atoms with Gasteiger partial charge in [0.15, 0.2) is 0 Å². The van der Waals surface area contributed by atoms with Crippen LogP contribution < -0.4 is 16.8 Å². The molecule has 0 aromatic heterocycles. The minimum absolute atomic E-state index is 0.240. The van der Waals surface area contributed by atoms with Crippen molar-refractivity contribution in [3.63, 3.8) is 0 Å². The summed E-state index contributed by atoms with van der Waals surface area (Å²) in [5, 5.41) is 3.40. The minimum atomic E-state index is -0.864. The lowest BCUT2D eigenvalue weighted by Gasteiger charge is -2.16. The molecule has 2 aromatic carbocycles. The van der Waals surface area contributed by atoms with Crippen LogP contribution >= 0.6 is 23.2 Å². The zero-order chi connectivity index (χ0) is 17.0. The Labute approximate surface area is 143 Å². The van der Waals surface area contributed by atoms with E-state index in [1.165, 1.54) is 18.2 Å². The van der Waals surface area contributed by atoms with Gasteiger partial charge in [0.1, 0.15) is 6.04 Å². The number of halogens is 2. The predicted molar refractivity (Wildman–Crippen MR) is 91.5 cm³/mol. The second-order valence-corrected chi connectivity index (χ2v) is 5.84. The van der Waals surface area contributed by atoms with Gasteiger partial charge < -0.3 is 16.8 Å². The number of hydrogen-bond acceptors (Lipinski definition) is 3. The van der Waals surface area contributed by atoms with Gasteiger partial charge in [0.2, 0.25) is 5.91 Å². The molecule has 0 unspecified atom stereocenters. The number of nitrogen functional groups attached to an aromatic ring is 1. The van der Waals surface area contributed by atoms with Crippen molar-refractivity contribution in [3.8, 4) is 0 Å². The van der Waals surface area contributed by atoms with Gasteiger partial charge >= 0.3 is 0 Å². The smallest absolute Gasteiger partial charge is 0.251 e. The lowest BCUT2D eigenvalue weighted by molar-refractivity contribution is -0.119. The topological polar surface area (TPSA) is 98.2 Å². The fourth-order valence-electron chi connectivity index (χ4n) is 2.03. The molecule has 2 aromatic rings. The van der Waals surface area contributed by atoms with Crippen LogP contribution in [0.3, 0.4) is 0 Å². The molecular weight excluding hydrogens is 337 g/mol. The molecule has 2 amide bonds. The summed E-state index contributed by atoms with van der Waals surface area (Å²) < 4.78 is 0. The largest absolute Gasteiger partial charge is 0.398 e. The number of amides is 2. The second-order valence-electron chi connectivity index (χ2n) is 5.00. The van der Waals surface area contributed by atoms with E-state index in [1.54, 1.807) is 24.3 Å². The molecule has 1 atom stereocenters. The summed E-state index contributed by atoms with van der Waals surface area (Å²) in [6, 6.07) is 10.6. The molecule has 120 valence electrons. The molecule has 0 aliphatic heterocycles. The monoisotopic (exact) mass is 351 g/mol. The SMILES string of the molecule is NC(=O)[C@H](Cc1cccc(Cl)c1)NC(=O)c1ccc(N)c(Cl)c1. The van der Waals surface area contributed by atoms with Crippen molar-refractivity contribution in [1.82, 2.24) is 5.32 Å².